The molecule has 0 aliphatic carbocycles. The number of nitrogens with one attached hydrogen (secondary N) is 1. The normalized spacial score (nSPS) is 19.6. The molecule has 4 heterocycles. The highest BCUT2D eigenvalue weighted by molar-refractivity contribution is 7.10. The van der Waals surface area contributed by atoms with Gasteiger partial charge in [-0.05, 0) is 36.1 Å². The van der Waals surface area contributed by atoms with E-state index in [0.717, 1.165) is 28.5 Å². The summed E-state index contributed by atoms with van der Waals surface area (Å²) < 4.78 is 8.52. The van der Waals surface area contributed by atoms with Crippen LogP contribution in [0.25, 0.3) is 5.70 Å². The highest BCUT2D eigenvalue weighted by Gasteiger charge is 2.41. The lowest BCUT2D eigenvalue weighted by atomic mass is 9.86. The van der Waals surface area contributed by atoms with Gasteiger partial charge in [0.05, 0.1) is 5.70 Å². The van der Waals surface area contributed by atoms with Crippen LogP contribution >= 0.6 is 11.3 Å². The van der Waals surface area contributed by atoms with Crippen molar-refractivity contribution < 1.29 is 4.74 Å². The molecule has 0 bridgehead atoms. The summed E-state index contributed by atoms with van der Waals surface area (Å²) >= 11 is 1.71. The minimum Gasteiger partial charge on any atom is -0.480 e. The van der Waals surface area contributed by atoms with Crippen molar-refractivity contribution in [2.24, 2.45) is 0 Å². The Balaban J connectivity index is 1.64. The molecule has 2 unspecified atom stereocenters. The van der Waals surface area contributed by atoms with E-state index in [-0.39, 0.29) is 12.1 Å². The van der Waals surface area contributed by atoms with E-state index in [1.165, 1.54) is 16.0 Å². The molecule has 0 spiro atoms. The maximum atomic E-state index is 6.56. The second-order valence-electron chi connectivity index (χ2n) is 7.31. The Morgan fingerprint density at radius 1 is 1.03 bits per heavy atom. The van der Waals surface area contributed by atoms with Gasteiger partial charge >= 0.3 is 0 Å². The summed E-state index contributed by atoms with van der Waals surface area (Å²) in [6.07, 6.45) is 1.42. The molecule has 1 N–H and O–H groups in total. The van der Waals surface area contributed by atoms with E-state index in [1.54, 1.807) is 17.7 Å². The van der Waals surface area contributed by atoms with E-state index in [0.29, 0.717) is 0 Å². The van der Waals surface area contributed by atoms with Crippen molar-refractivity contribution in [3.05, 3.63) is 99.5 Å². The van der Waals surface area contributed by atoms with Crippen LogP contribution in [0, 0.1) is 6.92 Å². The van der Waals surface area contributed by atoms with Gasteiger partial charge in [0.1, 0.15) is 18.1 Å². The second-order valence-corrected chi connectivity index (χ2v) is 8.29. The Morgan fingerprint density at radius 2 is 1.90 bits per heavy atom. The van der Waals surface area contributed by atoms with Gasteiger partial charge in [0, 0.05) is 16.0 Å². The number of rotatable bonds is 2. The first-order valence-electron chi connectivity index (χ1n) is 9.56. The Labute approximate surface area is 172 Å². The molecule has 0 saturated heterocycles. The average Bonchev–Trinajstić information content (AvgIpc) is 3.44. The van der Waals surface area contributed by atoms with E-state index in [9.17, 15) is 0 Å². The maximum Gasteiger partial charge on any atom is 0.226 e. The first kappa shape index (κ1) is 16.6. The monoisotopic (exact) mass is 398 g/mol. The molecule has 2 aromatic heterocycles. The van der Waals surface area contributed by atoms with Gasteiger partial charge in [-0.25, -0.2) is 4.68 Å². The maximum absolute atomic E-state index is 6.56. The van der Waals surface area contributed by atoms with Crippen LogP contribution in [0.15, 0.2) is 77.9 Å². The summed E-state index contributed by atoms with van der Waals surface area (Å²) in [6.45, 7) is 2.10. The number of aryl methyl sites for hydroxylation is 1. The molecule has 142 valence electrons. The summed E-state index contributed by atoms with van der Waals surface area (Å²) in [6, 6.07) is 20.9. The molecule has 5 nitrogen and oxygen atoms in total. The van der Waals surface area contributed by atoms with Crippen LogP contribution in [0.2, 0.25) is 0 Å². The lowest BCUT2D eigenvalue weighted by Gasteiger charge is -2.38. The summed E-state index contributed by atoms with van der Waals surface area (Å²) in [4.78, 5) is 5.65. The van der Waals surface area contributed by atoms with Crippen LogP contribution in [0.3, 0.4) is 0 Å². The molecular weight excluding hydrogens is 380 g/mol. The number of fused-ring (bicyclic) bond motifs is 3. The lowest BCUT2D eigenvalue weighted by Crippen LogP contribution is -2.32. The molecule has 29 heavy (non-hydrogen) atoms. The first-order chi connectivity index (χ1) is 14.3. The average molecular weight is 398 g/mol. The second kappa shape index (κ2) is 6.32. The van der Waals surface area contributed by atoms with Gasteiger partial charge in [-0.1, -0.05) is 48.0 Å². The van der Waals surface area contributed by atoms with Crippen molar-refractivity contribution in [3.63, 3.8) is 0 Å². The van der Waals surface area contributed by atoms with E-state index in [1.807, 2.05) is 22.9 Å². The molecule has 2 atom stereocenters. The number of nitrogens with zero attached hydrogens (tertiary/aromatic N) is 3. The van der Waals surface area contributed by atoms with Crippen molar-refractivity contribution in [2.45, 2.75) is 19.1 Å². The summed E-state index contributed by atoms with van der Waals surface area (Å²) in [5, 5.41) is 10.2. The van der Waals surface area contributed by atoms with E-state index >= 15 is 0 Å². The Kier molecular flexibility index (Phi) is 3.61. The Bertz CT molecular complexity index is 1220. The van der Waals surface area contributed by atoms with E-state index in [4.69, 9.17) is 4.74 Å². The van der Waals surface area contributed by atoms with Crippen molar-refractivity contribution in [2.75, 3.05) is 5.32 Å². The van der Waals surface area contributed by atoms with Gasteiger partial charge in [-0.3, -0.25) is 0 Å². The topological polar surface area (TPSA) is 52.0 Å². The number of benzene rings is 2. The molecule has 0 saturated carbocycles. The van der Waals surface area contributed by atoms with E-state index < -0.39 is 0 Å². The number of ether oxygens (including phenoxy) is 1. The third-order valence-electron chi connectivity index (χ3n) is 5.52. The van der Waals surface area contributed by atoms with Crippen molar-refractivity contribution >= 4 is 23.0 Å². The Morgan fingerprint density at radius 3 is 2.72 bits per heavy atom. The van der Waals surface area contributed by atoms with Gasteiger partial charge < -0.3 is 10.1 Å². The SMILES string of the molecule is Cc1ccc(C2C3=C(Nc4ncnn42)c2ccccc2OC3c2cccs2)cc1. The van der Waals surface area contributed by atoms with Crippen LogP contribution in [0.5, 0.6) is 5.75 Å². The van der Waals surface area contributed by atoms with Gasteiger partial charge in [-0.15, -0.1) is 11.3 Å². The zero-order chi connectivity index (χ0) is 19.4. The molecule has 2 aliphatic heterocycles. The van der Waals surface area contributed by atoms with Gasteiger partial charge in [0.2, 0.25) is 5.95 Å². The number of hydrogen-bond donors (Lipinski definition) is 1. The molecule has 6 rings (SSSR count). The molecule has 6 heteroatoms. The predicted octanol–water partition coefficient (Wildman–Crippen LogP) is 5.21. The standard InChI is InChI=1S/C23H18N4OS/c1-14-8-10-15(11-9-14)21-19-20(26-23-24-13-25-27(21)23)16-5-2-3-6-17(16)28-22(19)18-7-4-12-29-18/h2-13,21-22H,1H3,(H,24,25,26). The van der Waals surface area contributed by atoms with Crippen LogP contribution in [0.1, 0.15) is 33.7 Å². The molecule has 4 aromatic rings. The molecule has 2 aliphatic rings. The Hall–Kier alpha value is -3.38. The van der Waals surface area contributed by atoms with E-state index in [2.05, 4.69) is 70.2 Å². The summed E-state index contributed by atoms with van der Waals surface area (Å²) in [7, 11) is 0. The number of hydrogen-bond acceptors (Lipinski definition) is 5. The number of thiophene rings is 1. The molecule has 2 aromatic carbocycles. The third-order valence-corrected chi connectivity index (χ3v) is 6.43. The quantitative estimate of drug-likeness (QED) is 0.504. The summed E-state index contributed by atoms with van der Waals surface area (Å²) in [5.74, 6) is 1.63. The van der Waals surface area contributed by atoms with Crippen molar-refractivity contribution in [3.8, 4) is 5.75 Å². The fourth-order valence-electron chi connectivity index (χ4n) is 4.17. The van der Waals surface area contributed by atoms with Gasteiger partial charge in [0.25, 0.3) is 0 Å². The highest BCUT2D eigenvalue weighted by Crippen LogP contribution is 2.51. The highest BCUT2D eigenvalue weighted by atomic mass is 32.1. The summed E-state index contributed by atoms with van der Waals surface area (Å²) in [5.41, 5.74) is 5.68. The van der Waals surface area contributed by atoms with Gasteiger partial charge in [0.15, 0.2) is 6.10 Å². The van der Waals surface area contributed by atoms with Crippen LogP contribution in [-0.4, -0.2) is 14.8 Å². The fraction of sp³-hybridized carbons (Fsp3) is 0.130. The molecular formula is C23H18N4OS. The van der Waals surface area contributed by atoms with Crippen molar-refractivity contribution in [1.29, 1.82) is 0 Å². The van der Waals surface area contributed by atoms with Gasteiger partial charge in [-0.2, -0.15) is 10.1 Å². The van der Waals surface area contributed by atoms with Crippen LogP contribution in [0.4, 0.5) is 5.95 Å². The van der Waals surface area contributed by atoms with Crippen LogP contribution in [-0.2, 0) is 0 Å². The zero-order valence-electron chi connectivity index (χ0n) is 15.7. The third kappa shape index (κ3) is 2.53. The number of anilines is 1. The lowest BCUT2D eigenvalue weighted by molar-refractivity contribution is 0.226. The van der Waals surface area contributed by atoms with Crippen LogP contribution < -0.4 is 10.1 Å². The predicted molar refractivity (Wildman–Crippen MR) is 114 cm³/mol. The molecule has 0 amide bonds. The number of aromatic nitrogens is 3. The minimum absolute atomic E-state index is 0.0928. The zero-order valence-corrected chi connectivity index (χ0v) is 16.6. The number of para-hydroxylation sites is 1. The fourth-order valence-corrected chi connectivity index (χ4v) is 4.94. The molecule has 0 fully saturated rings. The molecule has 0 radical (unpaired) electrons. The minimum atomic E-state index is -0.184. The smallest absolute Gasteiger partial charge is 0.226 e. The largest absolute Gasteiger partial charge is 0.480 e. The van der Waals surface area contributed by atoms with Crippen molar-refractivity contribution in [1.82, 2.24) is 14.8 Å². The first-order valence-corrected chi connectivity index (χ1v) is 10.4.